The molecule has 0 bridgehead atoms. The maximum absolute atomic E-state index is 13.5. The number of hydrogen-bond acceptors (Lipinski definition) is 4. The van der Waals surface area contributed by atoms with Gasteiger partial charge < -0.3 is 9.29 Å². The molecule has 164 valence electrons. The molecule has 0 aliphatic rings. The monoisotopic (exact) mass is 468 g/mol. The zero-order valence-corrected chi connectivity index (χ0v) is 17.8. The van der Waals surface area contributed by atoms with Gasteiger partial charge in [0.2, 0.25) is 0 Å². The molecule has 0 saturated carbocycles. The van der Waals surface area contributed by atoms with Gasteiger partial charge in [0.15, 0.2) is 31.0 Å². The van der Waals surface area contributed by atoms with Crippen LogP contribution >= 0.6 is 0 Å². The second-order valence-electron chi connectivity index (χ2n) is 6.52. The highest BCUT2D eigenvalue weighted by atomic mass is 32.2. The fourth-order valence-corrected chi connectivity index (χ4v) is 5.31. The molecule has 1 atom stereocenters. The molecule has 4 nitrogen and oxygen atoms in total. The maximum atomic E-state index is 13.5. The molecule has 0 fully saturated rings. The zero-order chi connectivity index (χ0) is 22.5. The second-order valence-corrected chi connectivity index (χ2v) is 10.0. The number of alkyl halides is 3. The zero-order valence-electron chi connectivity index (χ0n) is 16.2. The van der Waals surface area contributed by atoms with E-state index in [0.717, 1.165) is 14.7 Å². The summed E-state index contributed by atoms with van der Waals surface area (Å²) in [5.41, 5.74) is 0. The van der Waals surface area contributed by atoms with E-state index in [1.807, 2.05) is 72.8 Å². The van der Waals surface area contributed by atoms with Crippen LogP contribution in [0, 0.1) is 0 Å². The van der Waals surface area contributed by atoms with Crippen molar-refractivity contribution in [2.75, 3.05) is 6.61 Å². The molecule has 0 amide bonds. The Morgan fingerprint density at radius 2 is 1.29 bits per heavy atom. The molecule has 0 spiro atoms. The second kappa shape index (κ2) is 9.76. The molecule has 1 unspecified atom stereocenters. The van der Waals surface area contributed by atoms with Crippen molar-refractivity contribution >= 4 is 21.0 Å². The molecule has 3 aromatic carbocycles. The van der Waals surface area contributed by atoms with Crippen LogP contribution in [0.3, 0.4) is 0 Å². The number of ether oxygens (including phenoxy) is 1. The molecule has 9 heteroatoms. The Labute approximate surface area is 181 Å². The van der Waals surface area contributed by atoms with E-state index in [1.54, 1.807) is 12.1 Å². The molecule has 3 aromatic rings. The SMILES string of the molecule is O=S(=O)([O-])C(F)(F)C(F)CCOc1ccc([S+](c2ccccc2)c2ccccc2)cc1. The van der Waals surface area contributed by atoms with Crippen molar-refractivity contribution in [2.24, 2.45) is 0 Å². The van der Waals surface area contributed by atoms with Gasteiger partial charge in [0.1, 0.15) is 5.75 Å². The lowest BCUT2D eigenvalue weighted by Crippen LogP contribution is -2.39. The first kappa shape index (κ1) is 23.2. The summed E-state index contributed by atoms with van der Waals surface area (Å²) in [6.45, 7) is -0.505. The number of halogens is 3. The van der Waals surface area contributed by atoms with Crippen LogP contribution in [-0.4, -0.2) is 31.0 Å². The van der Waals surface area contributed by atoms with E-state index < -0.39 is 34.6 Å². The third-order valence-corrected chi connectivity index (χ3v) is 7.51. The van der Waals surface area contributed by atoms with Crippen molar-refractivity contribution in [1.29, 1.82) is 0 Å². The molecule has 0 aliphatic heterocycles. The molecule has 0 heterocycles. The van der Waals surface area contributed by atoms with E-state index in [9.17, 15) is 26.1 Å². The Morgan fingerprint density at radius 3 is 1.74 bits per heavy atom. The van der Waals surface area contributed by atoms with Gasteiger partial charge in [0.25, 0.3) is 0 Å². The fraction of sp³-hybridized carbons (Fsp3) is 0.182. The summed E-state index contributed by atoms with van der Waals surface area (Å²) in [6, 6.07) is 26.8. The highest BCUT2D eigenvalue weighted by Gasteiger charge is 2.47. The molecular formula is C22H19F3O4S2. The van der Waals surface area contributed by atoms with Crippen LogP contribution in [0.5, 0.6) is 5.75 Å². The first-order valence-corrected chi connectivity index (χ1v) is 11.9. The third kappa shape index (κ3) is 5.61. The van der Waals surface area contributed by atoms with Gasteiger partial charge in [-0.25, -0.2) is 12.8 Å². The van der Waals surface area contributed by atoms with Gasteiger partial charge in [-0.15, -0.1) is 0 Å². The number of benzene rings is 3. The van der Waals surface area contributed by atoms with Gasteiger partial charge in [-0.05, 0) is 48.5 Å². The first-order valence-electron chi connectivity index (χ1n) is 9.25. The van der Waals surface area contributed by atoms with Crippen LogP contribution in [0.25, 0.3) is 0 Å². The lowest BCUT2D eigenvalue weighted by molar-refractivity contribution is -0.0118. The van der Waals surface area contributed by atoms with E-state index in [-0.39, 0.29) is 10.9 Å². The minimum Gasteiger partial charge on any atom is -0.743 e. The van der Waals surface area contributed by atoms with Crippen molar-refractivity contribution in [1.82, 2.24) is 0 Å². The molecule has 0 saturated heterocycles. The quantitative estimate of drug-likeness (QED) is 0.326. The fourth-order valence-electron chi connectivity index (χ4n) is 2.80. The summed E-state index contributed by atoms with van der Waals surface area (Å²) < 4.78 is 76.6. The van der Waals surface area contributed by atoms with Crippen LogP contribution in [-0.2, 0) is 21.0 Å². The van der Waals surface area contributed by atoms with Crippen LogP contribution in [0.4, 0.5) is 13.2 Å². The highest BCUT2D eigenvalue weighted by molar-refractivity contribution is 7.97. The predicted molar refractivity (Wildman–Crippen MR) is 111 cm³/mol. The Hall–Kier alpha value is -2.49. The summed E-state index contributed by atoms with van der Waals surface area (Å²) in [6.07, 6.45) is -4.08. The van der Waals surface area contributed by atoms with Crippen LogP contribution < -0.4 is 4.74 Å². The van der Waals surface area contributed by atoms with Crippen molar-refractivity contribution in [3.8, 4) is 5.75 Å². The standard InChI is InChI=1S/C22H19F3O4S2/c23-21(22(24,25)31(26,27)28)15-16-29-17-11-13-20(14-12-17)30(18-7-3-1-4-8-18)19-9-5-2-6-10-19/h1-14,21H,15-16H2. The Bertz CT molecular complexity index is 1040. The normalized spacial score (nSPS) is 13.2. The topological polar surface area (TPSA) is 66.4 Å². The van der Waals surface area contributed by atoms with Crippen LogP contribution in [0.15, 0.2) is 99.6 Å². The molecule has 3 rings (SSSR count). The van der Waals surface area contributed by atoms with E-state index >= 15 is 0 Å². The largest absolute Gasteiger partial charge is 0.743 e. The van der Waals surface area contributed by atoms with E-state index in [2.05, 4.69) is 0 Å². The average Bonchev–Trinajstić information content (AvgIpc) is 2.75. The summed E-state index contributed by atoms with van der Waals surface area (Å²) in [4.78, 5) is 3.23. The summed E-state index contributed by atoms with van der Waals surface area (Å²) in [7, 11) is -6.45. The van der Waals surface area contributed by atoms with Gasteiger partial charge in [-0.3, -0.25) is 0 Å². The number of rotatable bonds is 9. The Kier molecular flexibility index (Phi) is 7.30. The summed E-state index contributed by atoms with van der Waals surface area (Å²) in [5, 5.41) is -4.99. The van der Waals surface area contributed by atoms with E-state index in [0.29, 0.717) is 5.75 Å². The minimum atomic E-state index is -6.08. The third-order valence-electron chi connectivity index (χ3n) is 4.36. The summed E-state index contributed by atoms with van der Waals surface area (Å²) in [5.74, 6) is 0.314. The van der Waals surface area contributed by atoms with Crippen molar-refractivity contribution in [3.05, 3.63) is 84.9 Å². The van der Waals surface area contributed by atoms with Crippen LogP contribution in [0.1, 0.15) is 6.42 Å². The maximum Gasteiger partial charge on any atom is 0.364 e. The first-order chi connectivity index (χ1) is 14.7. The van der Waals surface area contributed by atoms with Crippen LogP contribution in [0.2, 0.25) is 0 Å². The summed E-state index contributed by atoms with van der Waals surface area (Å²) >= 11 is 0. The smallest absolute Gasteiger partial charge is 0.364 e. The van der Waals surface area contributed by atoms with Crippen molar-refractivity contribution in [2.45, 2.75) is 32.5 Å². The van der Waals surface area contributed by atoms with Gasteiger partial charge in [-0.1, -0.05) is 36.4 Å². The molecule has 31 heavy (non-hydrogen) atoms. The van der Waals surface area contributed by atoms with E-state index in [1.165, 1.54) is 0 Å². The molecular weight excluding hydrogens is 449 g/mol. The molecule has 0 aliphatic carbocycles. The lowest BCUT2D eigenvalue weighted by Gasteiger charge is -2.23. The van der Waals surface area contributed by atoms with Gasteiger partial charge in [-0.2, -0.15) is 8.78 Å². The van der Waals surface area contributed by atoms with Gasteiger partial charge >= 0.3 is 5.25 Å². The highest BCUT2D eigenvalue weighted by Crippen LogP contribution is 2.32. The molecule has 0 N–H and O–H groups in total. The average molecular weight is 469 g/mol. The number of hydrogen-bond donors (Lipinski definition) is 0. The molecule has 0 radical (unpaired) electrons. The van der Waals surface area contributed by atoms with Crippen molar-refractivity contribution < 1.29 is 30.9 Å². The van der Waals surface area contributed by atoms with E-state index in [4.69, 9.17) is 4.74 Å². The van der Waals surface area contributed by atoms with Crippen molar-refractivity contribution in [3.63, 3.8) is 0 Å². The van der Waals surface area contributed by atoms with Gasteiger partial charge in [0.05, 0.1) is 17.5 Å². The Balaban J connectivity index is 1.71. The Morgan fingerprint density at radius 1 is 0.839 bits per heavy atom. The predicted octanol–water partition coefficient (Wildman–Crippen LogP) is 5.03. The minimum absolute atomic E-state index is 0.314. The molecule has 0 aromatic heterocycles. The lowest BCUT2D eigenvalue weighted by atomic mass is 10.3. The van der Waals surface area contributed by atoms with Gasteiger partial charge in [0, 0.05) is 6.42 Å².